The van der Waals surface area contributed by atoms with E-state index in [0.717, 1.165) is 12.1 Å². The lowest BCUT2D eigenvalue weighted by Gasteiger charge is -2.20. The maximum Gasteiger partial charge on any atom is 0.417 e. The van der Waals surface area contributed by atoms with E-state index in [4.69, 9.17) is 9.29 Å². The molecule has 0 heterocycles. The van der Waals surface area contributed by atoms with Crippen molar-refractivity contribution < 1.29 is 40.5 Å². The molecule has 168 valence electrons. The zero-order chi connectivity index (χ0) is 23.2. The summed E-state index contributed by atoms with van der Waals surface area (Å²) < 4.78 is 76.7. The van der Waals surface area contributed by atoms with Gasteiger partial charge in [0.1, 0.15) is 6.04 Å². The van der Waals surface area contributed by atoms with E-state index in [1.54, 1.807) is 18.2 Å². The molecule has 2 N–H and O–H groups in total. The molecule has 0 saturated heterocycles. The molecule has 0 aliphatic heterocycles. The molecule has 11 heteroatoms. The summed E-state index contributed by atoms with van der Waals surface area (Å²) in [7, 11) is -4.49. The Morgan fingerprint density at radius 1 is 1.10 bits per heavy atom. The van der Waals surface area contributed by atoms with Crippen LogP contribution >= 0.6 is 0 Å². The topological polar surface area (TPSA) is 110 Å². The molecule has 0 fully saturated rings. The lowest BCUT2D eigenvalue weighted by Crippen LogP contribution is -2.43. The Hall–Kier alpha value is -2.92. The minimum absolute atomic E-state index is 0.0229. The van der Waals surface area contributed by atoms with Gasteiger partial charge in [-0.05, 0) is 30.5 Å². The highest BCUT2D eigenvalue weighted by molar-refractivity contribution is 7.85. The third-order valence-electron chi connectivity index (χ3n) is 4.22. The first-order valence-electron chi connectivity index (χ1n) is 9.12. The molecular formula is C20H20F3NO6S. The molecule has 0 saturated carbocycles. The highest BCUT2D eigenvalue weighted by Gasteiger charge is 2.37. The molecule has 0 aliphatic rings. The minimum Gasteiger partial charge on any atom is -0.464 e. The van der Waals surface area contributed by atoms with Crippen LogP contribution in [0.4, 0.5) is 13.2 Å². The second-order valence-electron chi connectivity index (χ2n) is 6.44. The average molecular weight is 459 g/mol. The monoisotopic (exact) mass is 459 g/mol. The number of benzene rings is 2. The highest BCUT2D eigenvalue weighted by Crippen LogP contribution is 2.36. The quantitative estimate of drug-likeness (QED) is 0.463. The van der Waals surface area contributed by atoms with Crippen LogP contribution in [0.25, 0.3) is 11.1 Å². The van der Waals surface area contributed by atoms with E-state index < -0.39 is 57.5 Å². The van der Waals surface area contributed by atoms with E-state index in [1.165, 1.54) is 25.1 Å². The number of esters is 1. The second kappa shape index (κ2) is 9.92. The number of hydrogen-bond acceptors (Lipinski definition) is 5. The Labute approximate surface area is 177 Å². The molecule has 0 aliphatic carbocycles. The van der Waals surface area contributed by atoms with Crippen LogP contribution < -0.4 is 5.32 Å². The zero-order valence-electron chi connectivity index (χ0n) is 16.3. The number of alkyl halides is 3. The summed E-state index contributed by atoms with van der Waals surface area (Å²) in [5, 5.41) is 2.12. The molecule has 2 aromatic rings. The van der Waals surface area contributed by atoms with Gasteiger partial charge in [0.15, 0.2) is 0 Å². The molecule has 0 radical (unpaired) electrons. The number of amides is 1. The molecule has 7 nitrogen and oxygen atoms in total. The number of rotatable bonds is 8. The molecule has 0 spiro atoms. The Morgan fingerprint density at radius 2 is 1.74 bits per heavy atom. The standard InChI is InChI=1S/C20H20F3NO6S/c1-2-30-19(26)16(11-12-31(27,28)29)24-18(25)17-14(13-7-4-3-5-8-13)9-6-10-15(17)20(21,22)23/h3-10,16H,2,11-12H2,1H3,(H,24,25)(H,27,28,29)/t16-/m0/s1. The first-order chi connectivity index (χ1) is 14.4. The van der Waals surface area contributed by atoms with Crippen LogP contribution in [0.15, 0.2) is 48.5 Å². The third kappa shape index (κ3) is 6.79. The van der Waals surface area contributed by atoms with Crippen molar-refractivity contribution in [3.05, 3.63) is 59.7 Å². The van der Waals surface area contributed by atoms with E-state index in [-0.39, 0.29) is 12.2 Å². The maximum atomic E-state index is 13.6. The molecule has 1 atom stereocenters. The predicted octanol–water partition coefficient (Wildman–Crippen LogP) is 3.31. The van der Waals surface area contributed by atoms with Gasteiger partial charge < -0.3 is 10.1 Å². The summed E-state index contributed by atoms with van der Waals surface area (Å²) in [5.74, 6) is -3.17. The molecular weight excluding hydrogens is 439 g/mol. The summed E-state index contributed by atoms with van der Waals surface area (Å²) in [4.78, 5) is 25.0. The Balaban J connectivity index is 2.51. The highest BCUT2D eigenvalue weighted by atomic mass is 32.2. The van der Waals surface area contributed by atoms with E-state index in [0.29, 0.717) is 5.56 Å². The average Bonchev–Trinajstić information content (AvgIpc) is 2.69. The van der Waals surface area contributed by atoms with Gasteiger partial charge in [-0.3, -0.25) is 9.35 Å². The number of halogens is 3. The Bertz CT molecular complexity index is 1040. The fraction of sp³-hybridized carbons (Fsp3) is 0.300. The van der Waals surface area contributed by atoms with Crippen molar-refractivity contribution in [1.82, 2.24) is 5.32 Å². The largest absolute Gasteiger partial charge is 0.464 e. The molecule has 2 rings (SSSR count). The minimum atomic E-state index is -4.87. The molecule has 0 bridgehead atoms. The number of ether oxygens (including phenoxy) is 1. The van der Waals surface area contributed by atoms with E-state index >= 15 is 0 Å². The predicted molar refractivity (Wildman–Crippen MR) is 106 cm³/mol. The van der Waals surface area contributed by atoms with Crippen LogP contribution in [-0.4, -0.2) is 43.2 Å². The normalized spacial score (nSPS) is 12.8. The van der Waals surface area contributed by atoms with Crippen LogP contribution in [-0.2, 0) is 25.8 Å². The molecule has 31 heavy (non-hydrogen) atoms. The van der Waals surface area contributed by atoms with Crippen LogP contribution in [0.1, 0.15) is 29.3 Å². The SMILES string of the molecule is CCOC(=O)[C@H](CCS(=O)(=O)O)NC(=O)c1c(-c2ccccc2)cccc1C(F)(F)F. The third-order valence-corrected chi connectivity index (χ3v) is 4.97. The maximum absolute atomic E-state index is 13.6. The van der Waals surface area contributed by atoms with Crippen LogP contribution in [0, 0.1) is 0 Å². The molecule has 0 unspecified atom stereocenters. The number of hydrogen-bond donors (Lipinski definition) is 2. The lowest BCUT2D eigenvalue weighted by atomic mass is 9.94. The van der Waals surface area contributed by atoms with Gasteiger partial charge in [0.05, 0.1) is 23.5 Å². The molecule has 1 amide bonds. The summed E-state index contributed by atoms with van der Waals surface area (Å²) in [6.45, 7) is 1.36. The lowest BCUT2D eigenvalue weighted by molar-refractivity contribution is -0.145. The summed E-state index contributed by atoms with van der Waals surface area (Å²) in [6, 6.07) is 9.51. The van der Waals surface area contributed by atoms with Gasteiger partial charge in [-0.2, -0.15) is 21.6 Å². The first-order valence-corrected chi connectivity index (χ1v) is 10.7. The van der Waals surface area contributed by atoms with Crippen molar-refractivity contribution in [3.63, 3.8) is 0 Å². The first kappa shape index (κ1) is 24.4. The molecule has 2 aromatic carbocycles. The van der Waals surface area contributed by atoms with Crippen LogP contribution in [0.5, 0.6) is 0 Å². The number of carbonyl (C=O) groups is 2. The van der Waals surface area contributed by atoms with Crippen molar-refractivity contribution in [3.8, 4) is 11.1 Å². The fourth-order valence-electron chi connectivity index (χ4n) is 2.88. The van der Waals surface area contributed by atoms with Gasteiger partial charge in [-0.25, -0.2) is 4.79 Å². The smallest absolute Gasteiger partial charge is 0.417 e. The van der Waals surface area contributed by atoms with E-state index in [9.17, 15) is 31.2 Å². The van der Waals surface area contributed by atoms with Gasteiger partial charge in [-0.1, -0.05) is 42.5 Å². The van der Waals surface area contributed by atoms with Crippen LogP contribution in [0.3, 0.4) is 0 Å². The van der Waals surface area contributed by atoms with Crippen LogP contribution in [0.2, 0.25) is 0 Å². The van der Waals surface area contributed by atoms with Gasteiger partial charge >= 0.3 is 12.1 Å². The van der Waals surface area contributed by atoms with Gasteiger partial charge in [0.2, 0.25) is 0 Å². The van der Waals surface area contributed by atoms with Crippen molar-refractivity contribution in [2.45, 2.75) is 25.6 Å². The van der Waals surface area contributed by atoms with Gasteiger partial charge in [0, 0.05) is 0 Å². The molecule has 0 aromatic heterocycles. The Morgan fingerprint density at radius 3 is 2.29 bits per heavy atom. The van der Waals surface area contributed by atoms with Crippen molar-refractivity contribution >= 4 is 22.0 Å². The summed E-state index contributed by atoms with van der Waals surface area (Å²) >= 11 is 0. The second-order valence-corrected chi connectivity index (χ2v) is 8.02. The van der Waals surface area contributed by atoms with Crippen molar-refractivity contribution in [2.75, 3.05) is 12.4 Å². The summed E-state index contributed by atoms with van der Waals surface area (Å²) in [5.41, 5.74) is -1.62. The Kier molecular flexibility index (Phi) is 7.80. The zero-order valence-corrected chi connectivity index (χ0v) is 17.2. The van der Waals surface area contributed by atoms with E-state index in [2.05, 4.69) is 5.32 Å². The van der Waals surface area contributed by atoms with E-state index in [1.807, 2.05) is 0 Å². The number of nitrogens with one attached hydrogen (secondary N) is 1. The van der Waals surface area contributed by atoms with Crippen molar-refractivity contribution in [1.29, 1.82) is 0 Å². The number of carbonyl (C=O) groups excluding carboxylic acids is 2. The summed E-state index contributed by atoms with van der Waals surface area (Å²) in [6.07, 6.45) is -5.45. The van der Waals surface area contributed by atoms with Gasteiger partial charge in [-0.15, -0.1) is 0 Å². The fourth-order valence-corrected chi connectivity index (χ4v) is 3.41. The van der Waals surface area contributed by atoms with Gasteiger partial charge in [0.25, 0.3) is 16.0 Å². The van der Waals surface area contributed by atoms with Crippen molar-refractivity contribution in [2.24, 2.45) is 0 Å².